The monoisotopic (exact) mass is 202 g/mol. The maximum atomic E-state index is 4.44. The summed E-state index contributed by atoms with van der Waals surface area (Å²) in [5.41, 5.74) is 1.15. The number of aryl methyl sites for hydroxylation is 2. The SMILES string of the molecule is Cc1nc(N(C)C)sc1CCS. The maximum absolute atomic E-state index is 4.44. The molecule has 0 aliphatic rings. The molecule has 0 saturated heterocycles. The topological polar surface area (TPSA) is 16.1 Å². The van der Waals surface area contributed by atoms with Crippen LogP contribution in [-0.4, -0.2) is 24.8 Å². The first-order chi connectivity index (χ1) is 5.65. The van der Waals surface area contributed by atoms with Gasteiger partial charge in [-0.05, 0) is 19.1 Å². The summed E-state index contributed by atoms with van der Waals surface area (Å²) in [6.45, 7) is 2.06. The quantitative estimate of drug-likeness (QED) is 0.755. The van der Waals surface area contributed by atoms with Gasteiger partial charge >= 0.3 is 0 Å². The number of hydrogen-bond acceptors (Lipinski definition) is 4. The molecular formula is C8H14N2S2. The molecule has 0 radical (unpaired) electrons. The predicted octanol–water partition coefficient (Wildman–Crippen LogP) is 1.99. The van der Waals surface area contributed by atoms with E-state index in [2.05, 4.69) is 24.5 Å². The Morgan fingerprint density at radius 3 is 2.58 bits per heavy atom. The third kappa shape index (κ3) is 2.14. The van der Waals surface area contributed by atoms with Gasteiger partial charge in [-0.1, -0.05) is 0 Å². The molecule has 0 bridgehead atoms. The Morgan fingerprint density at radius 2 is 2.17 bits per heavy atom. The van der Waals surface area contributed by atoms with Crippen molar-refractivity contribution in [1.82, 2.24) is 4.98 Å². The smallest absolute Gasteiger partial charge is 0.185 e. The Hall–Kier alpha value is -0.220. The summed E-state index contributed by atoms with van der Waals surface area (Å²) in [6, 6.07) is 0. The highest BCUT2D eigenvalue weighted by Crippen LogP contribution is 2.24. The van der Waals surface area contributed by atoms with E-state index >= 15 is 0 Å². The fourth-order valence-corrected chi connectivity index (χ4v) is 2.30. The van der Waals surface area contributed by atoms with Crippen molar-refractivity contribution in [2.45, 2.75) is 13.3 Å². The number of thiazole rings is 1. The van der Waals surface area contributed by atoms with Crippen molar-refractivity contribution in [2.24, 2.45) is 0 Å². The zero-order chi connectivity index (χ0) is 9.14. The van der Waals surface area contributed by atoms with Gasteiger partial charge in [-0.25, -0.2) is 4.98 Å². The van der Waals surface area contributed by atoms with Gasteiger partial charge in [-0.15, -0.1) is 11.3 Å². The third-order valence-corrected chi connectivity index (χ3v) is 3.21. The molecule has 0 amide bonds. The van der Waals surface area contributed by atoms with Crippen molar-refractivity contribution < 1.29 is 0 Å². The Kier molecular flexibility index (Phi) is 3.40. The minimum absolute atomic E-state index is 0.899. The van der Waals surface area contributed by atoms with E-state index in [1.165, 1.54) is 4.88 Å². The number of nitrogens with zero attached hydrogens (tertiary/aromatic N) is 2. The third-order valence-electron chi connectivity index (χ3n) is 1.60. The first-order valence-electron chi connectivity index (χ1n) is 3.89. The van der Waals surface area contributed by atoms with Gasteiger partial charge in [0.2, 0.25) is 0 Å². The second kappa shape index (κ2) is 4.14. The van der Waals surface area contributed by atoms with Gasteiger partial charge in [0.1, 0.15) is 0 Å². The lowest BCUT2D eigenvalue weighted by Gasteiger charge is -2.05. The number of aromatic nitrogens is 1. The maximum Gasteiger partial charge on any atom is 0.185 e. The zero-order valence-corrected chi connectivity index (χ0v) is 9.38. The highest BCUT2D eigenvalue weighted by molar-refractivity contribution is 7.80. The van der Waals surface area contributed by atoms with Crippen LogP contribution in [0.5, 0.6) is 0 Å². The van der Waals surface area contributed by atoms with Gasteiger partial charge in [0.15, 0.2) is 5.13 Å². The summed E-state index contributed by atoms with van der Waals surface area (Å²) in [6.07, 6.45) is 1.03. The zero-order valence-electron chi connectivity index (χ0n) is 7.66. The summed E-state index contributed by atoms with van der Waals surface area (Å²) in [5.74, 6) is 0.899. The molecule has 0 aromatic carbocycles. The summed E-state index contributed by atoms with van der Waals surface area (Å²) in [5, 5.41) is 1.09. The second-order valence-electron chi connectivity index (χ2n) is 2.87. The molecule has 4 heteroatoms. The van der Waals surface area contributed by atoms with Crippen molar-refractivity contribution in [2.75, 3.05) is 24.7 Å². The molecule has 1 heterocycles. The molecule has 0 spiro atoms. The Morgan fingerprint density at radius 1 is 1.50 bits per heavy atom. The lowest BCUT2D eigenvalue weighted by molar-refractivity contribution is 1.07. The second-order valence-corrected chi connectivity index (χ2v) is 4.38. The minimum atomic E-state index is 0.899. The molecule has 1 aromatic heterocycles. The molecule has 0 atom stereocenters. The largest absolute Gasteiger partial charge is 0.354 e. The van der Waals surface area contributed by atoms with Gasteiger partial charge in [0, 0.05) is 19.0 Å². The Balaban J connectivity index is 2.85. The van der Waals surface area contributed by atoms with Crippen molar-refractivity contribution >= 4 is 29.1 Å². The number of rotatable bonds is 3. The van der Waals surface area contributed by atoms with Crippen molar-refractivity contribution in [3.63, 3.8) is 0 Å². The van der Waals surface area contributed by atoms with Gasteiger partial charge in [-0.3, -0.25) is 0 Å². The van der Waals surface area contributed by atoms with E-state index in [1.807, 2.05) is 19.0 Å². The first kappa shape index (κ1) is 9.86. The van der Waals surface area contributed by atoms with Crippen LogP contribution in [0.2, 0.25) is 0 Å². The predicted molar refractivity (Wildman–Crippen MR) is 58.7 cm³/mol. The number of hydrogen-bond donors (Lipinski definition) is 1. The van der Waals surface area contributed by atoms with Crippen LogP contribution >= 0.6 is 24.0 Å². The fourth-order valence-electron chi connectivity index (χ4n) is 0.937. The van der Waals surface area contributed by atoms with Crippen LogP contribution in [0, 0.1) is 6.92 Å². The van der Waals surface area contributed by atoms with E-state index in [9.17, 15) is 0 Å². The van der Waals surface area contributed by atoms with Crippen LogP contribution in [-0.2, 0) is 6.42 Å². The minimum Gasteiger partial charge on any atom is -0.354 e. The highest BCUT2D eigenvalue weighted by Gasteiger charge is 2.07. The molecule has 0 N–H and O–H groups in total. The number of thiol groups is 1. The van der Waals surface area contributed by atoms with Crippen molar-refractivity contribution in [3.8, 4) is 0 Å². The summed E-state index contributed by atoms with van der Waals surface area (Å²) < 4.78 is 0. The average Bonchev–Trinajstić information content (AvgIpc) is 2.34. The van der Waals surface area contributed by atoms with Crippen molar-refractivity contribution in [3.05, 3.63) is 10.6 Å². The molecule has 2 nitrogen and oxygen atoms in total. The molecule has 0 saturated carbocycles. The van der Waals surface area contributed by atoms with Crippen LogP contribution in [0.25, 0.3) is 0 Å². The van der Waals surface area contributed by atoms with Gasteiger partial charge in [0.25, 0.3) is 0 Å². The van der Waals surface area contributed by atoms with E-state index in [4.69, 9.17) is 0 Å². The van der Waals surface area contributed by atoms with Crippen LogP contribution in [0.1, 0.15) is 10.6 Å². The first-order valence-corrected chi connectivity index (χ1v) is 5.34. The summed E-state index contributed by atoms with van der Waals surface area (Å²) >= 11 is 5.96. The molecule has 0 fully saturated rings. The van der Waals surface area contributed by atoms with Crippen LogP contribution < -0.4 is 4.90 Å². The lowest BCUT2D eigenvalue weighted by atomic mass is 10.3. The Labute approximate surface area is 83.0 Å². The summed E-state index contributed by atoms with van der Waals surface area (Å²) in [7, 11) is 4.03. The molecule has 0 aliphatic heterocycles. The summed E-state index contributed by atoms with van der Waals surface area (Å²) in [4.78, 5) is 7.84. The van der Waals surface area contributed by atoms with E-state index in [-0.39, 0.29) is 0 Å². The average molecular weight is 202 g/mol. The van der Waals surface area contributed by atoms with E-state index in [1.54, 1.807) is 11.3 Å². The highest BCUT2D eigenvalue weighted by atomic mass is 32.1. The fraction of sp³-hybridized carbons (Fsp3) is 0.625. The number of anilines is 1. The van der Waals surface area contributed by atoms with Gasteiger partial charge in [-0.2, -0.15) is 12.6 Å². The van der Waals surface area contributed by atoms with Crippen LogP contribution in [0.4, 0.5) is 5.13 Å². The molecular weight excluding hydrogens is 188 g/mol. The van der Waals surface area contributed by atoms with Gasteiger partial charge in [0.05, 0.1) is 5.69 Å². The Bertz CT molecular complexity index is 256. The molecule has 0 unspecified atom stereocenters. The van der Waals surface area contributed by atoms with Gasteiger partial charge < -0.3 is 4.90 Å². The van der Waals surface area contributed by atoms with E-state index in [0.29, 0.717) is 0 Å². The molecule has 1 rings (SSSR count). The van der Waals surface area contributed by atoms with Crippen molar-refractivity contribution in [1.29, 1.82) is 0 Å². The molecule has 68 valence electrons. The van der Waals surface area contributed by atoms with Crippen LogP contribution in [0.3, 0.4) is 0 Å². The molecule has 1 aromatic rings. The van der Waals surface area contributed by atoms with E-state index < -0.39 is 0 Å². The van der Waals surface area contributed by atoms with E-state index in [0.717, 1.165) is 23.0 Å². The lowest BCUT2D eigenvalue weighted by Crippen LogP contribution is -2.07. The molecule has 12 heavy (non-hydrogen) atoms. The normalized spacial score (nSPS) is 10.3. The standard InChI is InChI=1S/C8H14N2S2/c1-6-7(4-5-11)12-8(9-6)10(2)3/h11H,4-5H2,1-3H3. The van der Waals surface area contributed by atoms with Crippen LogP contribution in [0.15, 0.2) is 0 Å². The molecule has 0 aliphatic carbocycles.